The molecule has 1 aromatic heterocycles. The zero-order valence-electron chi connectivity index (χ0n) is 9.09. The molecule has 7 heteroatoms. The Morgan fingerprint density at radius 1 is 1.50 bits per heavy atom. The number of sulfone groups is 1. The highest BCUT2D eigenvalue weighted by Gasteiger charge is 2.23. The molecule has 16 heavy (non-hydrogen) atoms. The van der Waals surface area contributed by atoms with Crippen molar-refractivity contribution in [3.8, 4) is 0 Å². The molecule has 0 aliphatic carbocycles. The maximum Gasteiger partial charge on any atom is 0.185 e. The minimum absolute atomic E-state index is 0.0708. The fourth-order valence-electron chi connectivity index (χ4n) is 1.53. The van der Waals surface area contributed by atoms with Crippen molar-refractivity contribution < 1.29 is 8.42 Å². The van der Waals surface area contributed by atoms with Crippen LogP contribution in [0, 0.1) is 0 Å². The largest absolute Gasteiger partial charge is 0.346 e. The predicted octanol–water partition coefficient (Wildman–Crippen LogP) is 0.398. The molecule has 5 nitrogen and oxygen atoms in total. The third kappa shape index (κ3) is 2.53. The number of hydrogen-bond acceptors (Lipinski definition) is 6. The van der Waals surface area contributed by atoms with Crippen molar-refractivity contribution >= 4 is 26.3 Å². The van der Waals surface area contributed by atoms with Gasteiger partial charge in [0.1, 0.15) is 0 Å². The zero-order valence-corrected chi connectivity index (χ0v) is 10.7. The lowest BCUT2D eigenvalue weighted by molar-refractivity contribution is 0.586. The van der Waals surface area contributed by atoms with Crippen LogP contribution >= 0.6 is 11.3 Å². The molecule has 1 atom stereocenters. The van der Waals surface area contributed by atoms with Crippen LogP contribution in [0.25, 0.3) is 0 Å². The molecule has 1 unspecified atom stereocenters. The fraction of sp³-hybridized carbons (Fsp3) is 0.667. The second-order valence-electron chi connectivity index (χ2n) is 3.98. The highest BCUT2D eigenvalue weighted by Crippen LogP contribution is 2.24. The second-order valence-corrected chi connectivity index (χ2v) is 7.12. The van der Waals surface area contributed by atoms with E-state index in [1.165, 1.54) is 11.3 Å². The third-order valence-electron chi connectivity index (χ3n) is 2.59. The first-order valence-electron chi connectivity index (χ1n) is 5.14. The van der Waals surface area contributed by atoms with Gasteiger partial charge >= 0.3 is 0 Å². The molecule has 0 radical (unpaired) electrons. The average Bonchev–Trinajstić information content (AvgIpc) is 2.66. The maximum absolute atomic E-state index is 11.3. The average molecular weight is 261 g/mol. The Morgan fingerprint density at radius 3 is 2.62 bits per heavy atom. The maximum atomic E-state index is 11.3. The van der Waals surface area contributed by atoms with Crippen LogP contribution in [0.5, 0.6) is 0 Å². The van der Waals surface area contributed by atoms with Crippen LogP contribution in [0.15, 0.2) is 5.38 Å². The summed E-state index contributed by atoms with van der Waals surface area (Å²) < 4.78 is 22.6. The lowest BCUT2D eigenvalue weighted by atomic mass is 10.3. The van der Waals surface area contributed by atoms with E-state index in [9.17, 15) is 8.42 Å². The van der Waals surface area contributed by atoms with Crippen LogP contribution in [0.3, 0.4) is 0 Å². The quantitative estimate of drug-likeness (QED) is 0.834. The van der Waals surface area contributed by atoms with Gasteiger partial charge < -0.3 is 10.6 Å². The summed E-state index contributed by atoms with van der Waals surface area (Å²) >= 11 is 1.52. The summed E-state index contributed by atoms with van der Waals surface area (Å²) in [5.41, 5.74) is 6.60. The molecule has 0 bridgehead atoms. The van der Waals surface area contributed by atoms with Crippen LogP contribution < -0.4 is 10.6 Å². The first-order chi connectivity index (χ1) is 7.48. The van der Waals surface area contributed by atoms with Crippen molar-refractivity contribution in [3.05, 3.63) is 11.1 Å². The van der Waals surface area contributed by atoms with E-state index in [1.54, 1.807) is 0 Å². The summed E-state index contributed by atoms with van der Waals surface area (Å²) in [6, 6.07) is -0.0708. The van der Waals surface area contributed by atoms with Crippen LogP contribution in [0.2, 0.25) is 0 Å². The number of nitrogens with zero attached hydrogens (tertiary/aromatic N) is 2. The van der Waals surface area contributed by atoms with E-state index in [1.807, 2.05) is 17.2 Å². The number of nitrogens with two attached hydrogens (primary N) is 1. The van der Waals surface area contributed by atoms with E-state index < -0.39 is 9.84 Å². The van der Waals surface area contributed by atoms with E-state index in [4.69, 9.17) is 5.73 Å². The third-order valence-corrected chi connectivity index (χ3v) is 5.12. The van der Waals surface area contributed by atoms with Crippen LogP contribution in [0.4, 0.5) is 5.13 Å². The summed E-state index contributed by atoms with van der Waals surface area (Å²) in [4.78, 5) is 6.42. The molecule has 1 aliphatic rings. The van der Waals surface area contributed by atoms with E-state index >= 15 is 0 Å². The molecule has 1 aliphatic heterocycles. The van der Waals surface area contributed by atoms with Gasteiger partial charge in [0, 0.05) is 24.5 Å². The first-order valence-corrected chi connectivity index (χ1v) is 7.84. The van der Waals surface area contributed by atoms with Gasteiger partial charge in [-0.15, -0.1) is 11.3 Å². The van der Waals surface area contributed by atoms with Crippen LogP contribution in [0.1, 0.15) is 18.7 Å². The summed E-state index contributed by atoms with van der Waals surface area (Å²) in [7, 11) is -2.82. The van der Waals surface area contributed by atoms with E-state index in [-0.39, 0.29) is 17.5 Å². The number of anilines is 1. The molecular formula is C9H15N3O2S2. The molecule has 1 aromatic rings. The summed E-state index contributed by atoms with van der Waals surface area (Å²) in [5.74, 6) is 0.445. The Labute approximate surface area is 99.2 Å². The SMILES string of the molecule is CC(N)c1csc(N2CCS(=O)(=O)CC2)n1. The minimum Gasteiger partial charge on any atom is -0.346 e. The van der Waals surface area contributed by atoms with Gasteiger partial charge in [-0.1, -0.05) is 0 Å². The molecule has 2 rings (SSSR count). The highest BCUT2D eigenvalue weighted by atomic mass is 32.2. The molecule has 1 fully saturated rings. The van der Waals surface area contributed by atoms with Crippen LogP contribution in [-0.4, -0.2) is 38.0 Å². The molecular weight excluding hydrogens is 246 g/mol. The first kappa shape index (κ1) is 11.8. The standard InChI is InChI=1S/C9H15N3O2S2/c1-7(10)8-6-15-9(11-8)12-2-4-16(13,14)5-3-12/h6-7H,2-5,10H2,1H3. The summed E-state index contributed by atoms with van der Waals surface area (Å²) in [5, 5.41) is 2.81. The lowest BCUT2D eigenvalue weighted by Gasteiger charge is -2.25. The number of aromatic nitrogens is 1. The van der Waals surface area contributed by atoms with E-state index in [2.05, 4.69) is 4.98 Å². The van der Waals surface area contributed by atoms with Gasteiger partial charge in [-0.25, -0.2) is 13.4 Å². The monoisotopic (exact) mass is 261 g/mol. The van der Waals surface area contributed by atoms with Gasteiger partial charge in [-0.3, -0.25) is 0 Å². The van der Waals surface area contributed by atoms with Crippen molar-refractivity contribution in [2.24, 2.45) is 5.73 Å². The molecule has 0 saturated carbocycles. The van der Waals surface area contributed by atoms with Crippen LogP contribution in [-0.2, 0) is 9.84 Å². The number of rotatable bonds is 2. The topological polar surface area (TPSA) is 76.3 Å². The second kappa shape index (κ2) is 4.31. The van der Waals surface area contributed by atoms with E-state index in [0.717, 1.165) is 10.8 Å². The Bertz CT molecular complexity index is 453. The summed E-state index contributed by atoms with van der Waals surface area (Å²) in [6.45, 7) is 2.96. The van der Waals surface area contributed by atoms with Gasteiger partial charge in [0.2, 0.25) is 0 Å². The fourth-order valence-corrected chi connectivity index (χ4v) is 3.72. The van der Waals surface area contributed by atoms with Gasteiger partial charge in [0.15, 0.2) is 15.0 Å². The Kier molecular flexibility index (Phi) is 3.18. The molecule has 2 heterocycles. The van der Waals surface area contributed by atoms with Crippen molar-refractivity contribution in [2.75, 3.05) is 29.5 Å². The number of thiazole rings is 1. The van der Waals surface area contributed by atoms with Crippen molar-refractivity contribution in [2.45, 2.75) is 13.0 Å². The van der Waals surface area contributed by atoms with Gasteiger partial charge in [0.25, 0.3) is 0 Å². The Morgan fingerprint density at radius 2 is 2.12 bits per heavy atom. The molecule has 0 amide bonds. The smallest absolute Gasteiger partial charge is 0.185 e. The van der Waals surface area contributed by atoms with Gasteiger partial charge in [0.05, 0.1) is 17.2 Å². The minimum atomic E-state index is -2.82. The van der Waals surface area contributed by atoms with Crippen molar-refractivity contribution in [3.63, 3.8) is 0 Å². The summed E-state index contributed by atoms with van der Waals surface area (Å²) in [6.07, 6.45) is 0. The normalized spacial score (nSPS) is 22.0. The number of hydrogen-bond donors (Lipinski definition) is 1. The van der Waals surface area contributed by atoms with Gasteiger partial charge in [-0.05, 0) is 6.92 Å². The zero-order chi connectivity index (χ0) is 11.8. The Balaban J connectivity index is 2.08. The molecule has 0 spiro atoms. The molecule has 2 N–H and O–H groups in total. The molecule has 90 valence electrons. The lowest BCUT2D eigenvalue weighted by Crippen LogP contribution is -2.40. The van der Waals surface area contributed by atoms with Crippen molar-refractivity contribution in [1.82, 2.24) is 4.98 Å². The van der Waals surface area contributed by atoms with Crippen molar-refractivity contribution in [1.29, 1.82) is 0 Å². The van der Waals surface area contributed by atoms with Gasteiger partial charge in [-0.2, -0.15) is 0 Å². The highest BCUT2D eigenvalue weighted by molar-refractivity contribution is 7.91. The molecule has 1 saturated heterocycles. The molecule has 0 aromatic carbocycles. The van der Waals surface area contributed by atoms with E-state index in [0.29, 0.717) is 13.1 Å². The predicted molar refractivity (Wildman–Crippen MR) is 65.6 cm³/mol. The Hall–Kier alpha value is -0.660.